The van der Waals surface area contributed by atoms with Gasteiger partial charge in [0.15, 0.2) is 6.61 Å². The Labute approximate surface area is 196 Å². The van der Waals surface area contributed by atoms with Gasteiger partial charge < -0.3 is 10.5 Å². The maximum Gasteiger partial charge on any atom is 0.332 e. The van der Waals surface area contributed by atoms with Crippen molar-refractivity contribution in [3.05, 3.63) is 98.2 Å². The van der Waals surface area contributed by atoms with Gasteiger partial charge in [0.1, 0.15) is 11.4 Å². The van der Waals surface area contributed by atoms with Gasteiger partial charge in [-0.2, -0.15) is 0 Å². The van der Waals surface area contributed by atoms with Crippen LogP contribution >= 0.6 is 0 Å². The van der Waals surface area contributed by atoms with Crippen LogP contribution in [0.5, 0.6) is 0 Å². The quantitative estimate of drug-likeness (QED) is 0.427. The summed E-state index contributed by atoms with van der Waals surface area (Å²) >= 11 is 0. The molecule has 1 aliphatic carbocycles. The predicted octanol–water partition coefficient (Wildman–Crippen LogP) is 2.42. The number of ketones is 1. The molecule has 0 atom stereocenters. The number of ether oxygens (including phenoxy) is 1. The highest BCUT2D eigenvalue weighted by molar-refractivity contribution is 6.01. The van der Waals surface area contributed by atoms with Crippen LogP contribution in [0.4, 0.5) is 5.82 Å². The smallest absolute Gasteiger partial charge is 0.332 e. The number of nitrogen functional groups attached to an aromatic ring is 1. The Balaban J connectivity index is 1.60. The summed E-state index contributed by atoms with van der Waals surface area (Å²) < 4.78 is 7.48. The Bertz CT molecular complexity index is 1320. The average Bonchev–Trinajstić information content (AvgIpc) is 3.36. The van der Waals surface area contributed by atoms with E-state index in [0.29, 0.717) is 12.8 Å². The molecular formula is C26H27N3O5. The van der Waals surface area contributed by atoms with Crippen LogP contribution in [0, 0.1) is 0 Å². The Kier molecular flexibility index (Phi) is 6.49. The van der Waals surface area contributed by atoms with Gasteiger partial charge in [0.25, 0.3) is 5.56 Å². The van der Waals surface area contributed by atoms with Crippen LogP contribution in [0.1, 0.15) is 47.2 Å². The standard InChI is InChI=1S/C26H27N3O5/c1-28-23(31)21(22(27)29(25(28)33)16-18-10-4-2-5-11-18)20(30)17-34-24(32)26(14-8-9-15-26)19-12-6-3-7-13-19/h2-7,10-13H,8-9,14-17,27H2,1H3. The van der Waals surface area contributed by atoms with Crippen LogP contribution in [0.15, 0.2) is 70.3 Å². The van der Waals surface area contributed by atoms with Crippen molar-refractivity contribution in [3.8, 4) is 0 Å². The van der Waals surface area contributed by atoms with E-state index < -0.39 is 35.0 Å². The lowest BCUT2D eigenvalue weighted by atomic mass is 9.79. The third-order valence-electron chi connectivity index (χ3n) is 6.55. The molecule has 0 aliphatic heterocycles. The minimum atomic E-state index is -0.813. The van der Waals surface area contributed by atoms with Crippen molar-refractivity contribution >= 4 is 17.6 Å². The van der Waals surface area contributed by atoms with Gasteiger partial charge in [0.2, 0.25) is 5.78 Å². The summed E-state index contributed by atoms with van der Waals surface area (Å²) in [7, 11) is 1.29. The summed E-state index contributed by atoms with van der Waals surface area (Å²) in [5, 5.41) is 0. The van der Waals surface area contributed by atoms with Gasteiger partial charge in [0, 0.05) is 7.05 Å². The summed E-state index contributed by atoms with van der Waals surface area (Å²) in [6, 6.07) is 18.5. The number of anilines is 1. The molecular weight excluding hydrogens is 434 g/mol. The molecule has 176 valence electrons. The number of esters is 1. The van der Waals surface area contributed by atoms with Crippen LogP contribution in [0.2, 0.25) is 0 Å². The Morgan fingerprint density at radius 1 is 0.971 bits per heavy atom. The lowest BCUT2D eigenvalue weighted by Gasteiger charge is -2.27. The first-order valence-electron chi connectivity index (χ1n) is 11.2. The second-order valence-electron chi connectivity index (χ2n) is 8.63. The second-order valence-corrected chi connectivity index (χ2v) is 8.63. The van der Waals surface area contributed by atoms with Crippen LogP contribution in [0.25, 0.3) is 0 Å². The van der Waals surface area contributed by atoms with Gasteiger partial charge in [-0.15, -0.1) is 0 Å². The molecule has 8 heteroatoms. The molecule has 1 fully saturated rings. The van der Waals surface area contributed by atoms with Gasteiger partial charge in [-0.3, -0.25) is 23.5 Å². The summed E-state index contributed by atoms with van der Waals surface area (Å²) in [6.45, 7) is -0.535. The molecule has 1 saturated carbocycles. The largest absolute Gasteiger partial charge is 0.457 e. The number of Topliss-reactive ketones (excluding diaryl/α,β-unsaturated/α-hetero) is 1. The van der Waals surface area contributed by atoms with Gasteiger partial charge >= 0.3 is 11.7 Å². The monoisotopic (exact) mass is 461 g/mol. The van der Waals surface area contributed by atoms with E-state index >= 15 is 0 Å². The van der Waals surface area contributed by atoms with Gasteiger partial charge in [-0.25, -0.2) is 4.79 Å². The summed E-state index contributed by atoms with van der Waals surface area (Å²) in [4.78, 5) is 51.6. The lowest BCUT2D eigenvalue weighted by molar-refractivity contribution is -0.149. The number of hydrogen-bond acceptors (Lipinski definition) is 6. The van der Waals surface area contributed by atoms with E-state index in [1.807, 2.05) is 60.7 Å². The highest BCUT2D eigenvalue weighted by atomic mass is 16.5. The van der Waals surface area contributed by atoms with Crippen molar-refractivity contribution < 1.29 is 14.3 Å². The van der Waals surface area contributed by atoms with E-state index in [-0.39, 0.29) is 17.9 Å². The highest BCUT2D eigenvalue weighted by Crippen LogP contribution is 2.42. The topological polar surface area (TPSA) is 113 Å². The fraction of sp³-hybridized carbons (Fsp3) is 0.308. The molecule has 34 heavy (non-hydrogen) atoms. The molecule has 0 bridgehead atoms. The molecule has 4 rings (SSSR count). The van der Waals surface area contributed by atoms with E-state index in [4.69, 9.17) is 10.5 Å². The van der Waals surface area contributed by atoms with Gasteiger partial charge in [-0.1, -0.05) is 73.5 Å². The number of aromatic nitrogens is 2. The summed E-state index contributed by atoms with van der Waals surface area (Å²) in [5.41, 5.74) is 5.18. The van der Waals surface area contributed by atoms with Crippen LogP contribution < -0.4 is 17.0 Å². The predicted molar refractivity (Wildman–Crippen MR) is 128 cm³/mol. The fourth-order valence-corrected chi connectivity index (χ4v) is 4.65. The SMILES string of the molecule is Cn1c(=O)c(C(=O)COC(=O)C2(c3ccccc3)CCCC2)c(N)n(Cc2ccccc2)c1=O. The van der Waals surface area contributed by atoms with E-state index in [9.17, 15) is 19.2 Å². The van der Waals surface area contributed by atoms with Crippen molar-refractivity contribution in [1.82, 2.24) is 9.13 Å². The summed E-state index contributed by atoms with van der Waals surface area (Å²) in [6.07, 6.45) is 3.04. The molecule has 1 heterocycles. The maximum atomic E-state index is 13.2. The van der Waals surface area contributed by atoms with Crippen molar-refractivity contribution in [1.29, 1.82) is 0 Å². The molecule has 3 aromatic rings. The first kappa shape index (κ1) is 23.2. The number of carbonyl (C=O) groups excluding carboxylic acids is 2. The van der Waals surface area contributed by atoms with Gasteiger partial charge in [-0.05, 0) is 24.0 Å². The van der Waals surface area contributed by atoms with E-state index in [1.165, 1.54) is 11.6 Å². The first-order valence-corrected chi connectivity index (χ1v) is 11.2. The van der Waals surface area contributed by atoms with Crippen LogP contribution in [0.3, 0.4) is 0 Å². The molecule has 0 radical (unpaired) electrons. The summed E-state index contributed by atoms with van der Waals surface area (Å²) in [5.74, 6) is -1.47. The Morgan fingerprint density at radius 3 is 2.18 bits per heavy atom. The maximum absolute atomic E-state index is 13.2. The number of hydrogen-bond donors (Lipinski definition) is 1. The molecule has 8 nitrogen and oxygen atoms in total. The third kappa shape index (κ3) is 4.19. The highest BCUT2D eigenvalue weighted by Gasteiger charge is 2.44. The van der Waals surface area contributed by atoms with Crippen LogP contribution in [-0.4, -0.2) is 27.5 Å². The normalized spacial score (nSPS) is 14.6. The minimum absolute atomic E-state index is 0.0941. The zero-order valence-electron chi connectivity index (χ0n) is 19.0. The second kappa shape index (κ2) is 9.51. The molecule has 1 aliphatic rings. The molecule has 2 aromatic carbocycles. The van der Waals surface area contributed by atoms with Crippen molar-refractivity contribution in [2.45, 2.75) is 37.6 Å². The van der Waals surface area contributed by atoms with E-state index in [0.717, 1.165) is 28.5 Å². The van der Waals surface area contributed by atoms with Crippen molar-refractivity contribution in [2.75, 3.05) is 12.3 Å². The van der Waals surface area contributed by atoms with Crippen molar-refractivity contribution in [3.63, 3.8) is 0 Å². The lowest BCUT2D eigenvalue weighted by Crippen LogP contribution is -2.43. The molecule has 0 spiro atoms. The number of rotatable bonds is 7. The number of nitrogens with two attached hydrogens (primary N) is 1. The molecule has 0 saturated heterocycles. The number of nitrogens with zero attached hydrogens (tertiary/aromatic N) is 2. The minimum Gasteiger partial charge on any atom is -0.457 e. The number of carbonyl (C=O) groups is 2. The number of benzene rings is 2. The van der Waals surface area contributed by atoms with Crippen molar-refractivity contribution in [2.24, 2.45) is 7.05 Å². The van der Waals surface area contributed by atoms with E-state index in [2.05, 4.69) is 0 Å². The fourth-order valence-electron chi connectivity index (χ4n) is 4.65. The molecule has 0 amide bonds. The van der Waals surface area contributed by atoms with E-state index in [1.54, 1.807) is 0 Å². The zero-order chi connectivity index (χ0) is 24.3. The molecule has 0 unspecified atom stereocenters. The molecule has 2 N–H and O–H groups in total. The zero-order valence-corrected chi connectivity index (χ0v) is 19.0. The average molecular weight is 462 g/mol. The van der Waals surface area contributed by atoms with Gasteiger partial charge in [0.05, 0.1) is 12.0 Å². The third-order valence-corrected chi connectivity index (χ3v) is 6.55. The van der Waals surface area contributed by atoms with Crippen LogP contribution in [-0.2, 0) is 28.5 Å². The Hall–Kier alpha value is -3.94. The Morgan fingerprint density at radius 2 is 1.56 bits per heavy atom. The molecule has 1 aromatic heterocycles. The first-order chi connectivity index (χ1) is 16.3.